The zero-order chi connectivity index (χ0) is 26.4. The monoisotopic (exact) mass is 514 g/mol. The van der Waals surface area contributed by atoms with Crippen molar-refractivity contribution in [2.45, 2.75) is 102 Å². The summed E-state index contributed by atoms with van der Waals surface area (Å²) >= 11 is 0. The molecule has 1 atom stereocenters. The van der Waals surface area contributed by atoms with Gasteiger partial charge in [0, 0.05) is 31.6 Å². The zero-order valence-electron chi connectivity index (χ0n) is 23.6. The van der Waals surface area contributed by atoms with E-state index in [4.69, 9.17) is 4.43 Å². The van der Waals surface area contributed by atoms with Gasteiger partial charge in [-0.3, -0.25) is 4.79 Å². The second-order valence-electron chi connectivity index (χ2n) is 12.6. The highest BCUT2D eigenvalue weighted by Gasteiger charge is 2.47. The first-order chi connectivity index (χ1) is 16.9. The smallest absolute Gasteiger partial charge is 0.257 e. The van der Waals surface area contributed by atoms with Gasteiger partial charge in [0.15, 0.2) is 13.9 Å². The summed E-state index contributed by atoms with van der Waals surface area (Å²) in [5.74, 6) is -0.213. The Hall–Kier alpha value is -1.47. The van der Waals surface area contributed by atoms with Crippen molar-refractivity contribution in [2.75, 3.05) is 26.2 Å². The molecule has 0 aromatic heterocycles. The lowest BCUT2D eigenvalue weighted by atomic mass is 9.79. The van der Waals surface area contributed by atoms with Crippen molar-refractivity contribution >= 4 is 14.2 Å². The Labute approximate surface area is 220 Å². The predicted octanol–water partition coefficient (Wildman–Crippen LogP) is 6.00. The van der Waals surface area contributed by atoms with Gasteiger partial charge in [-0.15, -0.1) is 0 Å². The highest BCUT2D eigenvalue weighted by atomic mass is 28.4. The van der Waals surface area contributed by atoms with Crippen molar-refractivity contribution < 1.29 is 14.3 Å². The molecule has 1 aliphatic carbocycles. The Bertz CT molecular complexity index is 866. The lowest BCUT2D eigenvalue weighted by Crippen LogP contribution is -2.54. The van der Waals surface area contributed by atoms with Crippen molar-refractivity contribution in [3.8, 4) is 0 Å². The van der Waals surface area contributed by atoms with E-state index in [-0.39, 0.29) is 22.9 Å². The predicted molar refractivity (Wildman–Crippen MR) is 151 cm³/mol. The molecule has 1 heterocycles. The van der Waals surface area contributed by atoms with E-state index in [0.29, 0.717) is 0 Å². The number of benzene rings is 1. The van der Waals surface area contributed by atoms with Gasteiger partial charge in [-0.1, -0.05) is 75.6 Å². The van der Waals surface area contributed by atoms with Crippen molar-refractivity contribution in [3.63, 3.8) is 0 Å². The number of aliphatic hydroxyl groups is 1. The summed E-state index contributed by atoms with van der Waals surface area (Å²) in [7, 11) is -1.71. The van der Waals surface area contributed by atoms with E-state index in [1.54, 1.807) is 0 Å². The van der Waals surface area contributed by atoms with Gasteiger partial charge in [0.1, 0.15) is 0 Å². The minimum Gasteiger partial charge on any atom is -0.413 e. The van der Waals surface area contributed by atoms with Crippen LogP contribution in [0.4, 0.5) is 0 Å². The van der Waals surface area contributed by atoms with Gasteiger partial charge in [0.25, 0.3) is 5.91 Å². The molecule has 2 fully saturated rings. The Kier molecular flexibility index (Phi) is 10.0. The number of piperidine rings is 1. The van der Waals surface area contributed by atoms with Crippen molar-refractivity contribution in [1.82, 2.24) is 10.2 Å². The topological polar surface area (TPSA) is 61.8 Å². The standard InChI is InChI=1S/C30H50N2O3Si/c1-24(23-35-36(5,6)29(2,3)4)13-12-20-32-21-18-27(19-22-32)31-28(33)30(34,26-16-10-11-17-26)25-14-8-7-9-15-25/h7-9,13-15,26-27,34H,10-12,16-23H2,1-6H3,(H,31,33). The highest BCUT2D eigenvalue weighted by Crippen LogP contribution is 2.41. The second-order valence-corrected chi connectivity index (χ2v) is 17.4. The molecule has 1 aliphatic heterocycles. The summed E-state index contributed by atoms with van der Waals surface area (Å²) in [6, 6.07) is 9.68. The van der Waals surface area contributed by atoms with Gasteiger partial charge >= 0.3 is 0 Å². The second kappa shape index (κ2) is 12.4. The van der Waals surface area contributed by atoms with Gasteiger partial charge < -0.3 is 19.7 Å². The van der Waals surface area contributed by atoms with E-state index < -0.39 is 13.9 Å². The molecule has 5 nitrogen and oxygen atoms in total. The van der Waals surface area contributed by atoms with E-state index in [2.05, 4.69) is 57.1 Å². The third kappa shape index (κ3) is 7.30. The molecule has 1 saturated carbocycles. The molecule has 36 heavy (non-hydrogen) atoms. The van der Waals surface area contributed by atoms with Gasteiger partial charge in [-0.25, -0.2) is 0 Å². The average molecular weight is 515 g/mol. The maximum absolute atomic E-state index is 13.5. The molecule has 0 bridgehead atoms. The minimum atomic E-state index is -1.71. The average Bonchev–Trinajstić information content (AvgIpc) is 3.39. The zero-order valence-corrected chi connectivity index (χ0v) is 24.6. The molecular formula is C30H50N2O3Si. The van der Waals surface area contributed by atoms with Gasteiger partial charge in [0.2, 0.25) is 0 Å². The van der Waals surface area contributed by atoms with E-state index in [1.807, 2.05) is 30.3 Å². The van der Waals surface area contributed by atoms with Gasteiger partial charge in [-0.05, 0) is 62.7 Å². The number of likely N-dealkylation sites (tertiary alicyclic amines) is 1. The lowest BCUT2D eigenvalue weighted by Gasteiger charge is -2.37. The largest absolute Gasteiger partial charge is 0.413 e. The van der Waals surface area contributed by atoms with E-state index in [0.717, 1.165) is 76.8 Å². The van der Waals surface area contributed by atoms with Gasteiger partial charge in [0.05, 0.1) is 6.61 Å². The van der Waals surface area contributed by atoms with Crippen LogP contribution in [-0.4, -0.2) is 56.5 Å². The van der Waals surface area contributed by atoms with Crippen LogP contribution in [0.25, 0.3) is 0 Å². The van der Waals surface area contributed by atoms with Crippen LogP contribution >= 0.6 is 0 Å². The number of carbonyl (C=O) groups excluding carboxylic acids is 1. The first kappa shape index (κ1) is 29.1. The molecular weight excluding hydrogens is 464 g/mol. The molecule has 1 aromatic carbocycles. The van der Waals surface area contributed by atoms with Crippen LogP contribution in [0.15, 0.2) is 42.0 Å². The number of hydrogen-bond acceptors (Lipinski definition) is 4. The quantitative estimate of drug-likeness (QED) is 0.297. The molecule has 0 radical (unpaired) electrons. The van der Waals surface area contributed by atoms with Crippen molar-refractivity contribution in [2.24, 2.45) is 5.92 Å². The number of carbonyl (C=O) groups is 1. The molecule has 3 rings (SSSR count). The lowest BCUT2D eigenvalue weighted by molar-refractivity contribution is -0.148. The maximum atomic E-state index is 13.5. The summed E-state index contributed by atoms with van der Waals surface area (Å²) in [5, 5.41) is 15.2. The van der Waals surface area contributed by atoms with Crippen LogP contribution < -0.4 is 5.32 Å². The molecule has 0 spiro atoms. The van der Waals surface area contributed by atoms with Crippen LogP contribution in [0.2, 0.25) is 18.1 Å². The molecule has 1 aromatic rings. The van der Waals surface area contributed by atoms with Crippen LogP contribution in [-0.2, 0) is 14.8 Å². The number of amides is 1. The Morgan fingerprint density at radius 2 is 1.72 bits per heavy atom. The SMILES string of the molecule is CC(=CCCN1CCC(NC(=O)C(O)(c2ccccc2)C2CCCC2)CC1)CO[Si](C)(C)C(C)(C)C. The Morgan fingerprint density at radius 3 is 2.31 bits per heavy atom. The maximum Gasteiger partial charge on any atom is 0.257 e. The molecule has 1 saturated heterocycles. The number of nitrogens with one attached hydrogen (secondary N) is 1. The number of rotatable bonds is 10. The fourth-order valence-electron chi connectivity index (χ4n) is 5.25. The van der Waals surface area contributed by atoms with Crippen LogP contribution in [0.1, 0.15) is 78.2 Å². The fourth-order valence-corrected chi connectivity index (χ4v) is 6.27. The van der Waals surface area contributed by atoms with Crippen molar-refractivity contribution in [3.05, 3.63) is 47.5 Å². The fraction of sp³-hybridized carbons (Fsp3) is 0.700. The third-order valence-electron chi connectivity index (χ3n) is 8.83. The molecule has 1 unspecified atom stereocenters. The molecule has 6 heteroatoms. The normalized spacial score (nSPS) is 20.9. The Balaban J connectivity index is 1.46. The summed E-state index contributed by atoms with van der Waals surface area (Å²) in [6.07, 6.45) is 9.19. The Morgan fingerprint density at radius 1 is 1.11 bits per heavy atom. The molecule has 1 amide bonds. The van der Waals surface area contributed by atoms with Crippen LogP contribution in [0.5, 0.6) is 0 Å². The van der Waals surface area contributed by atoms with E-state index >= 15 is 0 Å². The van der Waals surface area contributed by atoms with Crippen LogP contribution in [0.3, 0.4) is 0 Å². The highest BCUT2D eigenvalue weighted by molar-refractivity contribution is 6.74. The summed E-state index contributed by atoms with van der Waals surface area (Å²) in [4.78, 5) is 15.9. The molecule has 2 aliphatic rings. The van der Waals surface area contributed by atoms with Crippen LogP contribution in [0, 0.1) is 5.92 Å². The summed E-state index contributed by atoms with van der Waals surface area (Å²) in [6.45, 7) is 17.3. The van der Waals surface area contributed by atoms with E-state index in [9.17, 15) is 9.90 Å². The summed E-state index contributed by atoms with van der Waals surface area (Å²) < 4.78 is 6.34. The first-order valence-corrected chi connectivity index (χ1v) is 16.9. The van der Waals surface area contributed by atoms with E-state index in [1.165, 1.54) is 5.57 Å². The third-order valence-corrected chi connectivity index (χ3v) is 13.3. The minimum absolute atomic E-state index is 0.00404. The molecule has 202 valence electrons. The van der Waals surface area contributed by atoms with Crippen molar-refractivity contribution in [1.29, 1.82) is 0 Å². The first-order valence-electron chi connectivity index (χ1n) is 14.0. The number of nitrogens with zero attached hydrogens (tertiary/aromatic N) is 1. The number of hydrogen-bond donors (Lipinski definition) is 2. The van der Waals surface area contributed by atoms with Gasteiger partial charge in [-0.2, -0.15) is 0 Å². The summed E-state index contributed by atoms with van der Waals surface area (Å²) in [5.41, 5.74) is 0.615. The molecule has 2 N–H and O–H groups in total.